The molecular formula is C33H36FN3O5. The van der Waals surface area contributed by atoms with Crippen molar-refractivity contribution in [1.29, 1.82) is 0 Å². The highest BCUT2D eigenvalue weighted by atomic mass is 19.1. The number of carboxylic acid groups (broad SMARTS) is 1. The third-order valence-electron chi connectivity index (χ3n) is 7.35. The van der Waals surface area contributed by atoms with Gasteiger partial charge in [0.1, 0.15) is 5.82 Å². The topological polar surface area (TPSA) is 107 Å². The zero-order valence-corrected chi connectivity index (χ0v) is 24.3. The van der Waals surface area contributed by atoms with Crippen molar-refractivity contribution >= 4 is 23.7 Å². The Bertz CT molecular complexity index is 1480. The molecule has 2 N–H and O–H groups in total. The van der Waals surface area contributed by atoms with E-state index in [9.17, 15) is 28.7 Å². The van der Waals surface area contributed by atoms with Crippen LogP contribution in [0, 0.1) is 12.7 Å². The fourth-order valence-corrected chi connectivity index (χ4v) is 5.16. The second-order valence-corrected chi connectivity index (χ2v) is 11.6. The molecule has 1 aliphatic rings. The van der Waals surface area contributed by atoms with Gasteiger partial charge in [-0.3, -0.25) is 19.2 Å². The maximum Gasteiger partial charge on any atom is 0.305 e. The monoisotopic (exact) mass is 573 g/mol. The number of carbonyl (C=O) groups is 4. The Labute approximate surface area is 245 Å². The molecule has 0 aromatic heterocycles. The highest BCUT2D eigenvalue weighted by molar-refractivity contribution is 6.01. The van der Waals surface area contributed by atoms with Gasteiger partial charge in [0.2, 0.25) is 0 Å². The van der Waals surface area contributed by atoms with Gasteiger partial charge in [-0.2, -0.15) is 0 Å². The van der Waals surface area contributed by atoms with Crippen LogP contribution in [-0.2, 0) is 15.0 Å². The molecule has 0 aliphatic carbocycles. The Kier molecular flexibility index (Phi) is 9.09. The first kappa shape index (κ1) is 30.4. The van der Waals surface area contributed by atoms with Crippen molar-refractivity contribution in [2.24, 2.45) is 0 Å². The average Bonchev–Trinajstić information content (AvgIpc) is 2.95. The van der Waals surface area contributed by atoms with Crippen LogP contribution in [0.1, 0.15) is 77.1 Å². The molecule has 8 nitrogen and oxygen atoms in total. The lowest BCUT2D eigenvalue weighted by atomic mass is 9.86. The number of aryl methyl sites for hydroxylation is 1. The lowest BCUT2D eigenvalue weighted by Crippen LogP contribution is -2.63. The van der Waals surface area contributed by atoms with Crippen molar-refractivity contribution in [3.05, 3.63) is 106 Å². The molecule has 3 aromatic carbocycles. The van der Waals surface area contributed by atoms with Crippen LogP contribution in [0.4, 0.5) is 4.39 Å². The summed E-state index contributed by atoms with van der Waals surface area (Å²) in [4.78, 5) is 55.9. The summed E-state index contributed by atoms with van der Waals surface area (Å²) in [6.45, 7) is 8.38. The molecule has 0 radical (unpaired) electrons. The number of benzene rings is 3. The molecule has 42 heavy (non-hydrogen) atoms. The minimum atomic E-state index is -1.38. The van der Waals surface area contributed by atoms with Gasteiger partial charge in [0.15, 0.2) is 6.17 Å². The molecule has 0 spiro atoms. The zero-order valence-electron chi connectivity index (χ0n) is 24.3. The van der Waals surface area contributed by atoms with E-state index in [4.69, 9.17) is 0 Å². The van der Waals surface area contributed by atoms with Crippen LogP contribution in [0.5, 0.6) is 0 Å². The number of halogens is 1. The maximum atomic E-state index is 14.0. The highest BCUT2D eigenvalue weighted by Gasteiger charge is 2.41. The number of amides is 3. The van der Waals surface area contributed by atoms with Crippen molar-refractivity contribution in [2.45, 2.75) is 58.2 Å². The first-order valence-electron chi connectivity index (χ1n) is 13.9. The van der Waals surface area contributed by atoms with Gasteiger partial charge in [0, 0.05) is 24.2 Å². The quantitative estimate of drug-likeness (QED) is 0.410. The first-order chi connectivity index (χ1) is 19.8. The summed E-state index contributed by atoms with van der Waals surface area (Å²) < 4.78 is 14.0. The lowest BCUT2D eigenvalue weighted by Gasteiger charge is -2.43. The summed E-state index contributed by atoms with van der Waals surface area (Å²) >= 11 is 0. The van der Waals surface area contributed by atoms with E-state index in [-0.39, 0.29) is 24.1 Å². The Balaban J connectivity index is 1.72. The van der Waals surface area contributed by atoms with E-state index in [0.29, 0.717) is 17.5 Å². The largest absolute Gasteiger partial charge is 0.481 e. The molecule has 2 unspecified atom stereocenters. The average molecular weight is 574 g/mol. The first-order valence-corrected chi connectivity index (χ1v) is 13.9. The van der Waals surface area contributed by atoms with Gasteiger partial charge in [0.05, 0.1) is 12.5 Å². The standard InChI is InChI=1S/C33H36FN3O5/c1-21-8-5-9-23(18-21)27(20-28(38)39)35-29(40)30-36(31(41)22-12-14-25(15-13-22)33(2,3)4)16-7-17-37(30)32(42)24-10-6-11-26(34)19-24/h5-6,8-15,18-19,27,30H,7,16-17,20H2,1-4H3,(H,35,40)(H,38,39). The fourth-order valence-electron chi connectivity index (χ4n) is 5.16. The van der Waals surface area contributed by atoms with Crippen LogP contribution in [-0.4, -0.2) is 57.9 Å². The number of hydrogen-bond donors (Lipinski definition) is 2. The molecule has 0 saturated carbocycles. The predicted octanol–water partition coefficient (Wildman–Crippen LogP) is 5.08. The van der Waals surface area contributed by atoms with Crippen molar-refractivity contribution in [3.63, 3.8) is 0 Å². The minimum Gasteiger partial charge on any atom is -0.481 e. The Hall–Kier alpha value is -4.53. The van der Waals surface area contributed by atoms with Crippen LogP contribution in [0.3, 0.4) is 0 Å². The van der Waals surface area contributed by atoms with E-state index in [2.05, 4.69) is 26.1 Å². The fraction of sp³-hybridized carbons (Fsp3) is 0.333. The summed E-state index contributed by atoms with van der Waals surface area (Å²) in [5.74, 6) is -3.48. The molecule has 3 amide bonds. The smallest absolute Gasteiger partial charge is 0.305 e. The Morgan fingerprint density at radius 1 is 0.905 bits per heavy atom. The van der Waals surface area contributed by atoms with Crippen molar-refractivity contribution in [2.75, 3.05) is 13.1 Å². The van der Waals surface area contributed by atoms with Crippen LogP contribution in [0.25, 0.3) is 0 Å². The van der Waals surface area contributed by atoms with E-state index in [0.717, 1.165) is 17.2 Å². The summed E-state index contributed by atoms with van der Waals surface area (Å²) in [6.07, 6.45) is -1.39. The van der Waals surface area contributed by atoms with E-state index in [1.165, 1.54) is 28.0 Å². The van der Waals surface area contributed by atoms with Crippen LogP contribution < -0.4 is 5.32 Å². The summed E-state index contributed by atoms with van der Waals surface area (Å²) in [5.41, 5.74) is 2.76. The van der Waals surface area contributed by atoms with E-state index >= 15 is 0 Å². The molecule has 1 saturated heterocycles. The summed E-state index contributed by atoms with van der Waals surface area (Å²) in [5, 5.41) is 12.4. The maximum absolute atomic E-state index is 14.0. The minimum absolute atomic E-state index is 0.0393. The van der Waals surface area contributed by atoms with Crippen LogP contribution in [0.15, 0.2) is 72.8 Å². The number of aliphatic carboxylic acids is 1. The molecule has 1 aliphatic heterocycles. The molecular weight excluding hydrogens is 537 g/mol. The molecule has 0 bridgehead atoms. The zero-order chi connectivity index (χ0) is 30.6. The molecule has 3 aromatic rings. The van der Waals surface area contributed by atoms with E-state index in [1.807, 2.05) is 25.1 Å². The van der Waals surface area contributed by atoms with E-state index < -0.39 is 48.1 Å². The number of carboxylic acids is 1. The van der Waals surface area contributed by atoms with Gasteiger partial charge in [-0.25, -0.2) is 4.39 Å². The van der Waals surface area contributed by atoms with Gasteiger partial charge in [0.25, 0.3) is 17.7 Å². The third kappa shape index (κ3) is 7.02. The number of hydrogen-bond acceptors (Lipinski definition) is 4. The van der Waals surface area contributed by atoms with Crippen molar-refractivity contribution in [3.8, 4) is 0 Å². The summed E-state index contributed by atoms with van der Waals surface area (Å²) in [7, 11) is 0. The molecule has 1 heterocycles. The van der Waals surface area contributed by atoms with Gasteiger partial charge in [-0.1, -0.05) is 68.8 Å². The number of carbonyl (C=O) groups excluding carboxylic acids is 3. The normalized spacial score (nSPS) is 16.1. The van der Waals surface area contributed by atoms with Crippen molar-refractivity contribution in [1.82, 2.24) is 15.1 Å². The molecule has 1 fully saturated rings. The van der Waals surface area contributed by atoms with Gasteiger partial charge >= 0.3 is 5.97 Å². The number of nitrogens with zero attached hydrogens (tertiary/aromatic N) is 2. The van der Waals surface area contributed by atoms with Gasteiger partial charge < -0.3 is 20.2 Å². The van der Waals surface area contributed by atoms with Crippen molar-refractivity contribution < 1.29 is 28.7 Å². The van der Waals surface area contributed by atoms with Gasteiger partial charge in [-0.15, -0.1) is 0 Å². The van der Waals surface area contributed by atoms with Crippen LogP contribution in [0.2, 0.25) is 0 Å². The second kappa shape index (κ2) is 12.5. The highest BCUT2D eigenvalue weighted by Crippen LogP contribution is 2.26. The van der Waals surface area contributed by atoms with Gasteiger partial charge in [-0.05, 0) is 60.2 Å². The Morgan fingerprint density at radius 2 is 1.52 bits per heavy atom. The molecule has 2 atom stereocenters. The predicted molar refractivity (Wildman–Crippen MR) is 156 cm³/mol. The second-order valence-electron chi connectivity index (χ2n) is 11.6. The number of nitrogens with one attached hydrogen (secondary N) is 1. The SMILES string of the molecule is Cc1cccc(C(CC(=O)O)NC(=O)C2N(C(=O)c3ccc(C(C)(C)C)cc3)CCCN2C(=O)c2cccc(F)c2)c1. The Morgan fingerprint density at radius 3 is 2.10 bits per heavy atom. The van der Waals surface area contributed by atoms with E-state index in [1.54, 1.807) is 30.3 Å². The molecule has 9 heteroatoms. The number of rotatable bonds is 7. The molecule has 220 valence electrons. The lowest BCUT2D eigenvalue weighted by molar-refractivity contribution is -0.138. The molecule has 4 rings (SSSR count). The summed E-state index contributed by atoms with van der Waals surface area (Å²) in [6, 6.07) is 18.5. The third-order valence-corrected chi connectivity index (χ3v) is 7.35. The van der Waals surface area contributed by atoms with Crippen LogP contribution >= 0.6 is 0 Å².